The van der Waals surface area contributed by atoms with Crippen LogP contribution in [0.4, 0.5) is 0 Å². The van der Waals surface area contributed by atoms with E-state index in [9.17, 15) is 0 Å². The van der Waals surface area contributed by atoms with Crippen LogP contribution in [0.5, 0.6) is 0 Å². The van der Waals surface area contributed by atoms with Crippen LogP contribution in [0.2, 0.25) is 0 Å². The third-order valence-corrected chi connectivity index (χ3v) is 0.535. The molecule has 32 valence electrons. The Morgan fingerprint density at radius 3 is 1.67 bits per heavy atom. The van der Waals surface area contributed by atoms with Crippen LogP contribution >= 0.6 is 23.0 Å². The molecule has 0 spiro atoms. The van der Waals surface area contributed by atoms with Crippen LogP contribution < -0.4 is 0 Å². The summed E-state index contributed by atoms with van der Waals surface area (Å²) in [6.45, 7) is 0. The topological polar surface area (TPSA) is 49.7 Å². The van der Waals surface area contributed by atoms with Gasteiger partial charge in [-0.25, -0.2) is 0 Å². The van der Waals surface area contributed by atoms with Crippen molar-refractivity contribution < 1.29 is 13.0 Å². The van der Waals surface area contributed by atoms with Crippen LogP contribution in [0.3, 0.4) is 0 Å². The fourth-order valence-electron chi connectivity index (χ4n) is 0. The Labute approximate surface area is 62.1 Å². The van der Waals surface area contributed by atoms with Crippen molar-refractivity contribution in [3.05, 3.63) is 0 Å². The molecule has 0 atom stereocenters. The fraction of sp³-hybridized carbons (Fsp3) is 0. The molecule has 0 aliphatic carbocycles. The van der Waals surface area contributed by atoms with Gasteiger partial charge in [-0.3, -0.25) is 0 Å². The van der Waals surface area contributed by atoms with Gasteiger partial charge >= 0.3 is 26.2 Å². The molecule has 6 heavy (non-hydrogen) atoms. The van der Waals surface area contributed by atoms with Gasteiger partial charge in [0.05, 0.1) is 23.0 Å². The summed E-state index contributed by atoms with van der Waals surface area (Å²) in [7, 11) is -1.63. The van der Waals surface area contributed by atoms with Gasteiger partial charge < -0.3 is 13.0 Å². The molecule has 0 saturated heterocycles. The van der Waals surface area contributed by atoms with Crippen molar-refractivity contribution in [1.82, 2.24) is 0 Å². The van der Waals surface area contributed by atoms with Crippen molar-refractivity contribution in [2.24, 2.45) is 0 Å². The van der Waals surface area contributed by atoms with Crippen LogP contribution in [0.15, 0.2) is 0 Å². The normalized spacial score (nSPS) is 6.50. The van der Waals surface area contributed by atoms with E-state index in [4.69, 9.17) is 10.0 Å². The van der Waals surface area contributed by atoms with Crippen molar-refractivity contribution in [3.63, 3.8) is 0 Å². The van der Waals surface area contributed by atoms with Crippen molar-refractivity contribution in [3.8, 4) is 0 Å². The molecule has 0 unspecified atom stereocenters. The van der Waals surface area contributed by atoms with Gasteiger partial charge in [0, 0.05) is 0 Å². The van der Waals surface area contributed by atoms with Crippen molar-refractivity contribution in [2.75, 3.05) is 0 Å². The van der Waals surface area contributed by atoms with Gasteiger partial charge in [0.15, 0.2) is 0 Å². The molecule has 0 aromatic carbocycles. The van der Waals surface area contributed by atoms with E-state index in [1.165, 1.54) is 23.0 Å². The van der Waals surface area contributed by atoms with Crippen LogP contribution in [0.1, 0.15) is 0 Å². The zero-order valence-electron chi connectivity index (χ0n) is 2.26. The maximum absolute atomic E-state index is 7.69. The Balaban J connectivity index is 0. The molecule has 0 bridgehead atoms. The molecule has 0 aromatic rings. The van der Waals surface area contributed by atoms with E-state index in [1.54, 1.807) is 0 Å². The number of rotatable bonds is 1. The molecule has 0 fully saturated rings. The number of halogens is 1. The van der Waals surface area contributed by atoms with Crippen LogP contribution in [0.25, 0.3) is 0 Å². The molecule has 0 heterocycles. The van der Waals surface area contributed by atoms with E-state index in [2.05, 4.69) is 2.98 Å². The summed E-state index contributed by atoms with van der Waals surface area (Å²) in [5.41, 5.74) is 0. The van der Waals surface area contributed by atoms with Crippen LogP contribution in [-0.2, 0) is 2.98 Å². The van der Waals surface area contributed by atoms with Gasteiger partial charge in [-0.1, -0.05) is 0 Å². The van der Waals surface area contributed by atoms with E-state index in [0.29, 0.717) is 0 Å². The van der Waals surface area contributed by atoms with Gasteiger partial charge in [0.25, 0.3) is 0 Å². The fourth-order valence-corrected chi connectivity index (χ4v) is 0. The monoisotopic (exact) mass is 196 g/mol. The zero-order chi connectivity index (χ0) is 4.28. The summed E-state index contributed by atoms with van der Waals surface area (Å²) in [4.78, 5) is 0. The van der Waals surface area contributed by atoms with Gasteiger partial charge in [-0.15, -0.1) is 0 Å². The van der Waals surface area contributed by atoms with Crippen molar-refractivity contribution in [1.29, 1.82) is 0 Å². The molecular formula is H3BILiO3. The molecular weight excluding hydrogens is 193 g/mol. The summed E-state index contributed by atoms with van der Waals surface area (Å²) in [6.07, 6.45) is 0. The predicted molar refractivity (Wildman–Crippen MR) is 32.4 cm³/mol. The second kappa shape index (κ2) is 6.27. The van der Waals surface area contributed by atoms with Gasteiger partial charge in [0.2, 0.25) is 0 Å². The standard InChI is InChI=1S/BH2IO3.Li.H/c2-5-1(3)4;;/h3-4H;;. The van der Waals surface area contributed by atoms with Crippen LogP contribution in [0, 0.1) is 0 Å². The van der Waals surface area contributed by atoms with Crippen molar-refractivity contribution in [2.45, 2.75) is 0 Å². The molecule has 6 heteroatoms. The van der Waals surface area contributed by atoms with Gasteiger partial charge in [-0.05, 0) is 0 Å². The first kappa shape index (κ1) is 10.3. The third kappa shape index (κ3) is 8.99. The summed E-state index contributed by atoms with van der Waals surface area (Å²) in [5.74, 6) is 0. The molecule has 0 amide bonds. The molecule has 0 aromatic heterocycles. The first-order valence-corrected chi connectivity index (χ1v) is 1.79. The first-order valence-electron chi connectivity index (χ1n) is 0.906. The van der Waals surface area contributed by atoms with Gasteiger partial charge in [0.1, 0.15) is 0 Å². The maximum atomic E-state index is 7.69. The summed E-state index contributed by atoms with van der Waals surface area (Å²) in [5, 5.41) is 15.4. The average molecular weight is 196 g/mol. The molecule has 2 N–H and O–H groups in total. The first-order chi connectivity index (χ1) is 2.27. The predicted octanol–water partition coefficient (Wildman–Crippen LogP) is -1.33. The van der Waals surface area contributed by atoms with Crippen LogP contribution in [-0.4, -0.2) is 36.2 Å². The molecule has 0 aliphatic heterocycles. The molecule has 0 rings (SSSR count). The number of hydrogen-bond acceptors (Lipinski definition) is 3. The molecule has 0 radical (unpaired) electrons. The Bertz CT molecular complexity index is 24.8. The summed E-state index contributed by atoms with van der Waals surface area (Å²) in [6, 6.07) is 0. The van der Waals surface area contributed by atoms with Gasteiger partial charge in [-0.2, -0.15) is 0 Å². The average Bonchev–Trinajstić information content (AvgIpc) is 1.38. The van der Waals surface area contributed by atoms with E-state index >= 15 is 0 Å². The minimum absolute atomic E-state index is 0. The SMILES string of the molecule is OB(O)OI.[LiH]. The Morgan fingerprint density at radius 1 is 1.50 bits per heavy atom. The van der Waals surface area contributed by atoms with E-state index in [0.717, 1.165) is 0 Å². The van der Waals surface area contributed by atoms with E-state index in [-0.39, 0.29) is 18.9 Å². The number of hydrogen-bond donors (Lipinski definition) is 2. The molecule has 0 saturated carbocycles. The summed E-state index contributed by atoms with van der Waals surface area (Å²) < 4.78 is 3.83. The second-order valence-corrected chi connectivity index (χ2v) is 0.924. The second-order valence-electron chi connectivity index (χ2n) is 0.415. The Morgan fingerprint density at radius 2 is 1.67 bits per heavy atom. The van der Waals surface area contributed by atoms with E-state index in [1.807, 2.05) is 0 Å². The van der Waals surface area contributed by atoms with Crippen molar-refractivity contribution >= 4 is 49.2 Å². The zero-order valence-corrected chi connectivity index (χ0v) is 4.42. The Hall–Kier alpha value is 1.27. The quantitative estimate of drug-likeness (QED) is 0.403. The molecule has 3 nitrogen and oxygen atoms in total. The Kier molecular flexibility index (Phi) is 10.8. The van der Waals surface area contributed by atoms with E-state index < -0.39 is 7.32 Å². The minimum atomic E-state index is -1.63. The molecule has 0 aliphatic rings. The summed E-state index contributed by atoms with van der Waals surface area (Å²) >= 11 is 1.38. The third-order valence-electron chi connectivity index (χ3n) is 0.0797.